The van der Waals surface area contributed by atoms with Gasteiger partial charge in [-0.2, -0.15) is 0 Å². The lowest BCUT2D eigenvalue weighted by atomic mass is 9.96. The molecule has 0 fully saturated rings. The highest BCUT2D eigenvalue weighted by molar-refractivity contribution is 9.11. The van der Waals surface area contributed by atoms with Crippen molar-refractivity contribution >= 4 is 21.9 Å². The van der Waals surface area contributed by atoms with Gasteiger partial charge >= 0.3 is 5.97 Å². The van der Waals surface area contributed by atoms with E-state index in [1.807, 2.05) is 0 Å². The van der Waals surface area contributed by atoms with Crippen LogP contribution in [-0.2, 0) is 9.53 Å². The van der Waals surface area contributed by atoms with Crippen molar-refractivity contribution in [2.45, 2.75) is 19.8 Å². The van der Waals surface area contributed by atoms with Gasteiger partial charge in [0, 0.05) is 28.3 Å². The van der Waals surface area contributed by atoms with E-state index < -0.39 is 0 Å². The first kappa shape index (κ1) is 11.6. The van der Waals surface area contributed by atoms with Gasteiger partial charge in [0.05, 0.1) is 6.61 Å². The molecule has 0 aromatic rings. The summed E-state index contributed by atoms with van der Waals surface area (Å²) in [6.07, 6.45) is 6.23. The Morgan fingerprint density at radius 2 is 2.25 bits per heavy atom. The minimum absolute atomic E-state index is 0.276. The Kier molecular flexibility index (Phi) is 3.33. The molecule has 2 bridgehead atoms. The molecular formula is C13H15BrO2. The Morgan fingerprint density at radius 1 is 1.56 bits per heavy atom. The fourth-order valence-corrected chi connectivity index (χ4v) is 3.09. The minimum Gasteiger partial charge on any atom is -0.463 e. The molecule has 0 saturated carbocycles. The number of carbonyl (C=O) groups is 1. The monoisotopic (exact) mass is 282 g/mol. The predicted octanol–water partition coefficient (Wildman–Crippen LogP) is 3.35. The van der Waals surface area contributed by atoms with E-state index >= 15 is 0 Å². The molecule has 16 heavy (non-hydrogen) atoms. The van der Waals surface area contributed by atoms with Gasteiger partial charge in [0.1, 0.15) is 0 Å². The molecule has 2 aliphatic carbocycles. The first-order valence-electron chi connectivity index (χ1n) is 5.55. The van der Waals surface area contributed by atoms with Crippen molar-refractivity contribution < 1.29 is 9.53 Å². The maximum atomic E-state index is 11.5. The zero-order valence-corrected chi connectivity index (χ0v) is 10.9. The molecule has 0 saturated heterocycles. The van der Waals surface area contributed by atoms with Gasteiger partial charge in [-0.1, -0.05) is 34.7 Å². The summed E-state index contributed by atoms with van der Waals surface area (Å²) < 4.78 is 6.18. The number of ether oxygens (including phenoxy) is 1. The van der Waals surface area contributed by atoms with Crippen LogP contribution in [0, 0.1) is 11.8 Å². The van der Waals surface area contributed by atoms with Crippen molar-refractivity contribution in [2.75, 3.05) is 6.61 Å². The molecule has 0 aromatic heterocycles. The molecule has 0 aliphatic heterocycles. The predicted molar refractivity (Wildman–Crippen MR) is 67.1 cm³/mol. The Hall–Kier alpha value is -0.830. The van der Waals surface area contributed by atoms with Crippen molar-refractivity contribution in [2.24, 2.45) is 11.8 Å². The Labute approximate surface area is 104 Å². The lowest BCUT2D eigenvalue weighted by Gasteiger charge is -2.13. The zero-order chi connectivity index (χ0) is 11.7. The molecule has 0 radical (unpaired) electrons. The second-order valence-corrected chi connectivity index (χ2v) is 5.06. The summed E-state index contributed by atoms with van der Waals surface area (Å²) in [6.45, 7) is 6.01. The van der Waals surface area contributed by atoms with E-state index in [-0.39, 0.29) is 5.97 Å². The van der Waals surface area contributed by atoms with Crippen molar-refractivity contribution in [3.63, 3.8) is 0 Å². The number of hydrogen-bond donors (Lipinski definition) is 0. The van der Waals surface area contributed by atoms with Crippen LogP contribution in [0.5, 0.6) is 0 Å². The molecular weight excluding hydrogens is 268 g/mol. The molecule has 3 heteroatoms. The van der Waals surface area contributed by atoms with E-state index in [0.29, 0.717) is 30.4 Å². The molecule has 2 rings (SSSR count). The lowest BCUT2D eigenvalue weighted by molar-refractivity contribution is -0.138. The third-order valence-corrected chi connectivity index (χ3v) is 4.23. The van der Waals surface area contributed by atoms with Gasteiger partial charge in [0.15, 0.2) is 0 Å². The second-order valence-electron chi connectivity index (χ2n) is 4.21. The van der Waals surface area contributed by atoms with E-state index in [2.05, 4.69) is 34.7 Å². The number of rotatable bonds is 4. The van der Waals surface area contributed by atoms with Crippen LogP contribution >= 0.6 is 15.9 Å². The van der Waals surface area contributed by atoms with E-state index in [0.717, 1.165) is 6.42 Å². The number of fused-ring (bicyclic) bond motifs is 2. The van der Waals surface area contributed by atoms with Crippen molar-refractivity contribution in [1.29, 1.82) is 0 Å². The fourth-order valence-electron chi connectivity index (χ4n) is 2.31. The molecule has 2 nitrogen and oxygen atoms in total. The molecule has 0 N–H and O–H groups in total. The van der Waals surface area contributed by atoms with Crippen LogP contribution in [0.15, 0.2) is 34.4 Å². The van der Waals surface area contributed by atoms with Crippen molar-refractivity contribution in [1.82, 2.24) is 0 Å². The SMILES string of the molecule is C=C(CC1=C(Br)C2C=CC1C2)C(=O)OCC. The summed E-state index contributed by atoms with van der Waals surface area (Å²) in [6, 6.07) is 0. The molecule has 2 atom stereocenters. The molecule has 2 aliphatic rings. The third kappa shape index (κ3) is 2.01. The summed E-state index contributed by atoms with van der Waals surface area (Å²) in [5.74, 6) is 0.739. The van der Waals surface area contributed by atoms with Gasteiger partial charge in [-0.3, -0.25) is 0 Å². The number of allylic oxidation sites excluding steroid dienone is 4. The highest BCUT2D eigenvalue weighted by Crippen LogP contribution is 2.48. The molecule has 2 unspecified atom stereocenters. The number of halogens is 1. The fraction of sp³-hybridized carbons (Fsp3) is 0.462. The van der Waals surface area contributed by atoms with Crippen molar-refractivity contribution in [3.05, 3.63) is 34.4 Å². The second kappa shape index (κ2) is 4.58. The molecule has 0 heterocycles. The van der Waals surface area contributed by atoms with E-state index in [4.69, 9.17) is 4.74 Å². The number of hydrogen-bond acceptors (Lipinski definition) is 2. The third-order valence-electron chi connectivity index (χ3n) is 3.13. The van der Waals surface area contributed by atoms with Gasteiger partial charge < -0.3 is 4.74 Å². The summed E-state index contributed by atoms with van der Waals surface area (Å²) in [5, 5.41) is 0. The zero-order valence-electron chi connectivity index (χ0n) is 9.33. The summed E-state index contributed by atoms with van der Waals surface area (Å²) in [5.41, 5.74) is 1.85. The van der Waals surface area contributed by atoms with E-state index in [9.17, 15) is 4.79 Å². The minimum atomic E-state index is -0.276. The number of carbonyl (C=O) groups excluding carboxylic acids is 1. The van der Waals surface area contributed by atoms with Gasteiger partial charge in [-0.05, 0) is 18.9 Å². The van der Waals surface area contributed by atoms with Gasteiger partial charge in [-0.15, -0.1) is 0 Å². The maximum absolute atomic E-state index is 11.5. The summed E-state index contributed by atoms with van der Waals surface area (Å²) >= 11 is 3.61. The first-order chi connectivity index (χ1) is 7.63. The van der Waals surface area contributed by atoms with Crippen LogP contribution in [0.3, 0.4) is 0 Å². The topological polar surface area (TPSA) is 26.3 Å². The summed E-state index contributed by atoms with van der Waals surface area (Å²) in [4.78, 5) is 11.5. The molecule has 86 valence electrons. The smallest absolute Gasteiger partial charge is 0.333 e. The van der Waals surface area contributed by atoms with E-state index in [1.54, 1.807) is 6.92 Å². The van der Waals surface area contributed by atoms with Crippen LogP contribution < -0.4 is 0 Å². The molecule has 0 spiro atoms. The highest BCUT2D eigenvalue weighted by Gasteiger charge is 2.34. The normalized spacial score (nSPS) is 26.4. The van der Waals surface area contributed by atoms with Crippen LogP contribution in [0.4, 0.5) is 0 Å². The highest BCUT2D eigenvalue weighted by atomic mass is 79.9. The van der Waals surface area contributed by atoms with Gasteiger partial charge in [0.25, 0.3) is 0 Å². The average Bonchev–Trinajstić information content (AvgIpc) is 2.82. The van der Waals surface area contributed by atoms with Crippen LogP contribution in [0.1, 0.15) is 19.8 Å². The standard InChI is InChI=1S/C13H15BrO2/c1-3-16-13(15)8(2)6-11-9-4-5-10(7-9)12(11)14/h4-5,9-10H,2-3,6-7H2,1H3. The Bertz CT molecular complexity index is 393. The summed E-state index contributed by atoms with van der Waals surface area (Å²) in [7, 11) is 0. The van der Waals surface area contributed by atoms with E-state index in [1.165, 1.54) is 10.1 Å². The Morgan fingerprint density at radius 3 is 2.81 bits per heavy atom. The largest absolute Gasteiger partial charge is 0.463 e. The van der Waals surface area contributed by atoms with Gasteiger partial charge in [0.2, 0.25) is 0 Å². The van der Waals surface area contributed by atoms with Crippen molar-refractivity contribution in [3.8, 4) is 0 Å². The van der Waals surface area contributed by atoms with Crippen LogP contribution in [0.2, 0.25) is 0 Å². The first-order valence-corrected chi connectivity index (χ1v) is 6.34. The lowest BCUT2D eigenvalue weighted by Crippen LogP contribution is -2.09. The number of esters is 1. The molecule has 0 aromatic carbocycles. The molecule has 0 amide bonds. The van der Waals surface area contributed by atoms with Crippen LogP contribution in [-0.4, -0.2) is 12.6 Å². The average molecular weight is 283 g/mol. The van der Waals surface area contributed by atoms with Crippen LogP contribution in [0.25, 0.3) is 0 Å². The maximum Gasteiger partial charge on any atom is 0.333 e. The Balaban J connectivity index is 2.01. The van der Waals surface area contributed by atoms with Gasteiger partial charge in [-0.25, -0.2) is 4.79 Å². The quantitative estimate of drug-likeness (QED) is 0.449.